The van der Waals surface area contributed by atoms with E-state index < -0.39 is 0 Å². The van der Waals surface area contributed by atoms with Gasteiger partial charge in [-0.15, -0.1) is 6.42 Å². The summed E-state index contributed by atoms with van der Waals surface area (Å²) in [5.74, 6) is 2.44. The normalized spacial score (nSPS) is 11.5. The number of terminal acetylenes is 1. The maximum absolute atomic E-state index is 5.05. The zero-order valence-corrected chi connectivity index (χ0v) is 9.06. The van der Waals surface area contributed by atoms with Crippen molar-refractivity contribution in [1.82, 2.24) is 5.32 Å². The van der Waals surface area contributed by atoms with Crippen molar-refractivity contribution in [2.45, 2.75) is 40.0 Å². The number of rotatable bonds is 5. The predicted molar refractivity (Wildman–Crippen MR) is 59.3 cm³/mol. The van der Waals surface area contributed by atoms with Gasteiger partial charge in [0.15, 0.2) is 0 Å². The Hall–Kier alpha value is -0.900. The van der Waals surface area contributed by atoms with E-state index in [2.05, 4.69) is 32.0 Å². The van der Waals surface area contributed by atoms with Gasteiger partial charge in [0.2, 0.25) is 0 Å². The molecule has 1 N–H and O–H groups in total. The molecule has 0 bridgehead atoms. The van der Waals surface area contributed by atoms with Crippen molar-refractivity contribution in [3.05, 3.63) is 12.3 Å². The molecule has 0 amide bonds. The van der Waals surface area contributed by atoms with Crippen LogP contribution in [-0.4, -0.2) is 6.54 Å². The Balaban J connectivity index is 3.19. The van der Waals surface area contributed by atoms with Crippen LogP contribution in [0.4, 0.5) is 0 Å². The van der Waals surface area contributed by atoms with Crippen LogP contribution in [-0.2, 0) is 0 Å². The first-order valence-corrected chi connectivity index (χ1v) is 4.91. The molecule has 0 aliphatic rings. The topological polar surface area (TPSA) is 12.0 Å². The van der Waals surface area contributed by atoms with E-state index in [1.165, 1.54) is 19.3 Å². The molecule has 74 valence electrons. The lowest BCUT2D eigenvalue weighted by atomic mass is 9.90. The van der Waals surface area contributed by atoms with E-state index in [4.69, 9.17) is 6.42 Å². The van der Waals surface area contributed by atoms with Crippen molar-refractivity contribution >= 4 is 0 Å². The van der Waals surface area contributed by atoms with Gasteiger partial charge in [0.25, 0.3) is 0 Å². The van der Waals surface area contributed by atoms with Crippen molar-refractivity contribution in [3.8, 4) is 12.3 Å². The first-order valence-electron chi connectivity index (χ1n) is 4.91. The molecular formula is C12H21N. The highest BCUT2D eigenvalue weighted by Crippen LogP contribution is 2.20. The Labute approximate surface area is 82.6 Å². The Morgan fingerprint density at radius 2 is 2.00 bits per heavy atom. The molecular weight excluding hydrogens is 158 g/mol. The number of hydrogen-bond acceptors (Lipinski definition) is 1. The standard InChI is InChI=1S/C12H21N/c1-5-6-10-13-11-8-7-9-12(2,3)4/h1,6,10,13H,7-9,11H2,2-4H3/b10-6-. The van der Waals surface area contributed by atoms with E-state index in [1.807, 2.05) is 6.20 Å². The van der Waals surface area contributed by atoms with Crippen LogP contribution in [0.25, 0.3) is 0 Å². The largest absolute Gasteiger partial charge is 0.390 e. The third-order valence-electron chi connectivity index (χ3n) is 1.80. The first kappa shape index (κ1) is 12.1. The number of nitrogens with one attached hydrogen (secondary N) is 1. The molecule has 0 fully saturated rings. The van der Waals surface area contributed by atoms with Crippen molar-refractivity contribution in [1.29, 1.82) is 0 Å². The fourth-order valence-electron chi connectivity index (χ4n) is 1.07. The van der Waals surface area contributed by atoms with Gasteiger partial charge in [-0.1, -0.05) is 33.1 Å². The summed E-state index contributed by atoms with van der Waals surface area (Å²) in [7, 11) is 0. The summed E-state index contributed by atoms with van der Waals surface area (Å²) in [6.07, 6.45) is 12.3. The number of hydrogen-bond donors (Lipinski definition) is 1. The molecule has 0 saturated carbocycles. The van der Waals surface area contributed by atoms with Crippen LogP contribution < -0.4 is 5.32 Å². The highest BCUT2D eigenvalue weighted by Gasteiger charge is 2.08. The summed E-state index contributed by atoms with van der Waals surface area (Å²) < 4.78 is 0. The van der Waals surface area contributed by atoms with Gasteiger partial charge in [-0.3, -0.25) is 0 Å². The summed E-state index contributed by atoms with van der Waals surface area (Å²) in [5, 5.41) is 3.15. The maximum Gasteiger partial charge on any atom is 0.0141 e. The van der Waals surface area contributed by atoms with Crippen LogP contribution in [0.5, 0.6) is 0 Å². The van der Waals surface area contributed by atoms with Gasteiger partial charge in [0, 0.05) is 18.8 Å². The van der Waals surface area contributed by atoms with E-state index >= 15 is 0 Å². The van der Waals surface area contributed by atoms with Crippen LogP contribution in [0.2, 0.25) is 0 Å². The van der Waals surface area contributed by atoms with Gasteiger partial charge in [0.05, 0.1) is 0 Å². The summed E-state index contributed by atoms with van der Waals surface area (Å²) in [5.41, 5.74) is 0.467. The second-order valence-electron chi connectivity index (χ2n) is 4.47. The summed E-state index contributed by atoms with van der Waals surface area (Å²) in [4.78, 5) is 0. The third kappa shape index (κ3) is 11.1. The lowest BCUT2D eigenvalue weighted by Crippen LogP contribution is -2.09. The molecule has 0 aliphatic heterocycles. The Bertz CT molecular complexity index is 178. The number of unbranched alkanes of at least 4 members (excludes halogenated alkanes) is 1. The molecule has 0 spiro atoms. The van der Waals surface area contributed by atoms with E-state index in [0.29, 0.717) is 5.41 Å². The van der Waals surface area contributed by atoms with Crippen molar-refractivity contribution in [3.63, 3.8) is 0 Å². The predicted octanol–water partition coefficient (Wildman–Crippen LogP) is 2.94. The van der Waals surface area contributed by atoms with Crippen LogP contribution >= 0.6 is 0 Å². The summed E-state index contributed by atoms with van der Waals surface area (Å²) >= 11 is 0. The minimum atomic E-state index is 0.467. The smallest absolute Gasteiger partial charge is 0.0141 e. The second kappa shape index (κ2) is 6.60. The lowest BCUT2D eigenvalue weighted by Gasteiger charge is -2.17. The third-order valence-corrected chi connectivity index (χ3v) is 1.80. The van der Waals surface area contributed by atoms with Crippen molar-refractivity contribution in [2.24, 2.45) is 5.41 Å². The molecule has 0 aromatic rings. The van der Waals surface area contributed by atoms with Crippen molar-refractivity contribution in [2.75, 3.05) is 6.54 Å². The van der Waals surface area contributed by atoms with Crippen LogP contribution in [0.3, 0.4) is 0 Å². The average Bonchev–Trinajstić information content (AvgIpc) is 2.01. The highest BCUT2D eigenvalue weighted by molar-refractivity contribution is 5.07. The van der Waals surface area contributed by atoms with Gasteiger partial charge in [0.1, 0.15) is 0 Å². The van der Waals surface area contributed by atoms with Gasteiger partial charge in [-0.25, -0.2) is 0 Å². The summed E-state index contributed by atoms with van der Waals surface area (Å²) in [6, 6.07) is 0. The molecule has 0 aromatic heterocycles. The lowest BCUT2D eigenvalue weighted by molar-refractivity contribution is 0.360. The number of allylic oxidation sites excluding steroid dienone is 1. The molecule has 0 atom stereocenters. The van der Waals surface area contributed by atoms with Gasteiger partial charge in [-0.2, -0.15) is 0 Å². The minimum Gasteiger partial charge on any atom is -0.390 e. The Morgan fingerprint density at radius 3 is 2.54 bits per heavy atom. The first-order chi connectivity index (χ1) is 6.06. The van der Waals surface area contributed by atoms with Crippen molar-refractivity contribution < 1.29 is 0 Å². The van der Waals surface area contributed by atoms with Crippen LogP contribution in [0.1, 0.15) is 40.0 Å². The Morgan fingerprint density at radius 1 is 1.31 bits per heavy atom. The summed E-state index contributed by atoms with van der Waals surface area (Å²) in [6.45, 7) is 7.85. The average molecular weight is 179 g/mol. The SMILES string of the molecule is C#C/C=C\NCCCCC(C)(C)C. The van der Waals surface area contributed by atoms with Gasteiger partial charge < -0.3 is 5.32 Å². The molecule has 1 nitrogen and oxygen atoms in total. The van der Waals surface area contributed by atoms with E-state index in [1.54, 1.807) is 6.08 Å². The molecule has 0 radical (unpaired) electrons. The van der Waals surface area contributed by atoms with E-state index in [9.17, 15) is 0 Å². The van der Waals surface area contributed by atoms with E-state index in [-0.39, 0.29) is 0 Å². The monoisotopic (exact) mass is 179 g/mol. The van der Waals surface area contributed by atoms with Gasteiger partial charge in [-0.05, 0) is 18.3 Å². The van der Waals surface area contributed by atoms with Gasteiger partial charge >= 0.3 is 0 Å². The fourth-order valence-corrected chi connectivity index (χ4v) is 1.07. The zero-order valence-electron chi connectivity index (χ0n) is 9.06. The van der Waals surface area contributed by atoms with Crippen LogP contribution in [0, 0.1) is 17.8 Å². The minimum absolute atomic E-state index is 0.467. The van der Waals surface area contributed by atoms with E-state index in [0.717, 1.165) is 6.54 Å². The molecule has 0 rings (SSSR count). The fraction of sp³-hybridized carbons (Fsp3) is 0.667. The quantitative estimate of drug-likeness (QED) is 0.505. The Kier molecular flexibility index (Phi) is 6.14. The molecule has 0 aliphatic carbocycles. The molecule has 1 heteroatoms. The zero-order chi connectivity index (χ0) is 10.2. The highest BCUT2D eigenvalue weighted by atomic mass is 14.8. The van der Waals surface area contributed by atoms with Crippen LogP contribution in [0.15, 0.2) is 12.3 Å². The molecule has 0 saturated heterocycles. The molecule has 13 heavy (non-hydrogen) atoms. The second-order valence-corrected chi connectivity index (χ2v) is 4.47. The molecule has 0 aromatic carbocycles. The molecule has 0 unspecified atom stereocenters. The molecule has 0 heterocycles. The maximum atomic E-state index is 5.05.